The molecule has 0 aliphatic heterocycles. The second-order valence-corrected chi connectivity index (χ2v) is 5.44. The predicted octanol–water partition coefficient (Wildman–Crippen LogP) is 3.91. The van der Waals surface area contributed by atoms with Gasteiger partial charge in [0.05, 0.1) is 11.1 Å². The van der Waals surface area contributed by atoms with Gasteiger partial charge in [0.15, 0.2) is 0 Å². The largest absolute Gasteiger partial charge is 0.508 e. The molecule has 2 N–H and O–H groups in total. The lowest BCUT2D eigenvalue weighted by Crippen LogP contribution is -2.34. The lowest BCUT2D eigenvalue weighted by atomic mass is 10.1. The molecule has 1 unspecified atom stereocenters. The van der Waals surface area contributed by atoms with Gasteiger partial charge in [-0.05, 0) is 49.2 Å². The van der Waals surface area contributed by atoms with E-state index in [9.17, 15) is 27.5 Å². The monoisotopic (exact) mass is 341 g/mol. The van der Waals surface area contributed by atoms with Crippen molar-refractivity contribution in [2.45, 2.75) is 25.6 Å². The van der Waals surface area contributed by atoms with E-state index in [1.165, 1.54) is 12.1 Å². The summed E-state index contributed by atoms with van der Waals surface area (Å²) in [5.74, 6) is -1.83. The van der Waals surface area contributed by atoms with E-state index >= 15 is 0 Å². The SMILES string of the molecule is CC(Cc1ccc(O)cc1)NC(=O)c1cc(C(F)(F)F)ccc1F. The molecule has 0 aromatic heterocycles. The maximum atomic E-state index is 13.7. The molecule has 3 nitrogen and oxygen atoms in total. The molecule has 0 bridgehead atoms. The van der Waals surface area contributed by atoms with E-state index < -0.39 is 35.1 Å². The van der Waals surface area contributed by atoms with Crippen LogP contribution >= 0.6 is 0 Å². The van der Waals surface area contributed by atoms with Crippen molar-refractivity contribution in [1.82, 2.24) is 5.32 Å². The highest BCUT2D eigenvalue weighted by molar-refractivity contribution is 5.94. The minimum Gasteiger partial charge on any atom is -0.508 e. The lowest BCUT2D eigenvalue weighted by molar-refractivity contribution is -0.137. The zero-order valence-electron chi connectivity index (χ0n) is 12.7. The Bertz CT molecular complexity index is 726. The van der Waals surface area contributed by atoms with Crippen molar-refractivity contribution in [1.29, 1.82) is 0 Å². The van der Waals surface area contributed by atoms with Gasteiger partial charge in [0.1, 0.15) is 11.6 Å². The van der Waals surface area contributed by atoms with Crippen LogP contribution in [0.15, 0.2) is 42.5 Å². The molecule has 2 rings (SSSR count). The average molecular weight is 341 g/mol. The van der Waals surface area contributed by atoms with Gasteiger partial charge in [-0.15, -0.1) is 0 Å². The van der Waals surface area contributed by atoms with Crippen LogP contribution in [0.1, 0.15) is 28.4 Å². The summed E-state index contributed by atoms with van der Waals surface area (Å²) in [7, 11) is 0. The molecular formula is C17H15F4NO2. The molecule has 2 aromatic rings. The fraction of sp³-hybridized carbons (Fsp3) is 0.235. The zero-order valence-corrected chi connectivity index (χ0v) is 12.7. The first-order valence-corrected chi connectivity index (χ1v) is 7.12. The van der Waals surface area contributed by atoms with E-state index in [4.69, 9.17) is 0 Å². The van der Waals surface area contributed by atoms with E-state index in [1.54, 1.807) is 19.1 Å². The highest BCUT2D eigenvalue weighted by atomic mass is 19.4. The van der Waals surface area contributed by atoms with Crippen LogP contribution in [0.3, 0.4) is 0 Å². The van der Waals surface area contributed by atoms with Crippen molar-refractivity contribution in [2.75, 3.05) is 0 Å². The Morgan fingerprint density at radius 1 is 1.17 bits per heavy atom. The van der Waals surface area contributed by atoms with Crippen molar-refractivity contribution < 1.29 is 27.5 Å². The third kappa shape index (κ3) is 4.47. The van der Waals surface area contributed by atoms with Crippen molar-refractivity contribution >= 4 is 5.91 Å². The van der Waals surface area contributed by atoms with Gasteiger partial charge in [-0.3, -0.25) is 4.79 Å². The van der Waals surface area contributed by atoms with Crippen LogP contribution in [0.25, 0.3) is 0 Å². The van der Waals surface area contributed by atoms with Crippen LogP contribution in [0.2, 0.25) is 0 Å². The van der Waals surface area contributed by atoms with Crippen molar-refractivity contribution in [3.63, 3.8) is 0 Å². The minimum absolute atomic E-state index is 0.0986. The highest BCUT2D eigenvalue weighted by Crippen LogP contribution is 2.30. The number of rotatable bonds is 4. The first-order valence-electron chi connectivity index (χ1n) is 7.12. The van der Waals surface area contributed by atoms with Crippen molar-refractivity contribution in [2.24, 2.45) is 0 Å². The minimum atomic E-state index is -4.65. The average Bonchev–Trinajstić information content (AvgIpc) is 2.48. The smallest absolute Gasteiger partial charge is 0.416 e. The second kappa shape index (κ2) is 6.90. The number of halogens is 4. The van der Waals surface area contributed by atoms with Crippen molar-refractivity contribution in [3.8, 4) is 5.75 Å². The fourth-order valence-corrected chi connectivity index (χ4v) is 2.21. The molecule has 0 saturated carbocycles. The standard InChI is InChI=1S/C17H15F4NO2/c1-10(8-11-2-5-13(23)6-3-11)22-16(24)14-9-12(17(19,20)21)4-7-15(14)18/h2-7,9-10,23H,8H2,1H3,(H,22,24). The number of alkyl halides is 3. The van der Waals surface area contributed by atoms with Crippen LogP contribution in [-0.4, -0.2) is 17.1 Å². The molecule has 0 heterocycles. The predicted molar refractivity (Wildman–Crippen MR) is 80.1 cm³/mol. The number of benzene rings is 2. The lowest BCUT2D eigenvalue weighted by Gasteiger charge is -2.15. The number of hydrogen-bond donors (Lipinski definition) is 2. The summed E-state index contributed by atoms with van der Waals surface area (Å²) in [6.07, 6.45) is -4.27. The second-order valence-electron chi connectivity index (χ2n) is 5.44. The molecule has 24 heavy (non-hydrogen) atoms. The zero-order chi connectivity index (χ0) is 17.9. The van der Waals surface area contributed by atoms with Gasteiger partial charge in [-0.25, -0.2) is 4.39 Å². The first kappa shape index (κ1) is 17.8. The Hall–Kier alpha value is -2.57. The maximum Gasteiger partial charge on any atom is 0.416 e. The van der Waals surface area contributed by atoms with E-state index in [0.717, 1.165) is 5.56 Å². The first-order chi connectivity index (χ1) is 11.2. The van der Waals surface area contributed by atoms with E-state index in [1.807, 2.05) is 0 Å². The maximum absolute atomic E-state index is 13.7. The van der Waals surface area contributed by atoms with E-state index in [-0.39, 0.29) is 5.75 Å². The summed E-state index contributed by atoms with van der Waals surface area (Å²) in [4.78, 5) is 12.0. The molecule has 1 atom stereocenters. The number of phenols is 1. The molecule has 2 aromatic carbocycles. The van der Waals surface area contributed by atoms with Gasteiger partial charge >= 0.3 is 6.18 Å². The van der Waals surface area contributed by atoms with Crippen LogP contribution < -0.4 is 5.32 Å². The van der Waals surface area contributed by atoms with Crippen LogP contribution in [0, 0.1) is 5.82 Å². The van der Waals surface area contributed by atoms with E-state index in [0.29, 0.717) is 24.6 Å². The number of carbonyl (C=O) groups excluding carboxylic acids is 1. The molecule has 1 amide bonds. The number of hydrogen-bond acceptors (Lipinski definition) is 2. The van der Waals surface area contributed by atoms with Crippen LogP contribution in [-0.2, 0) is 12.6 Å². The van der Waals surface area contributed by atoms with Crippen molar-refractivity contribution in [3.05, 3.63) is 65.0 Å². The number of phenolic OH excluding ortho intramolecular Hbond substituents is 1. The fourth-order valence-electron chi connectivity index (χ4n) is 2.21. The van der Waals surface area contributed by atoms with Gasteiger partial charge in [-0.2, -0.15) is 13.2 Å². The molecule has 0 fully saturated rings. The number of nitrogens with one attached hydrogen (secondary N) is 1. The summed E-state index contributed by atoms with van der Waals surface area (Å²) in [6, 6.07) is 7.56. The Morgan fingerprint density at radius 3 is 2.38 bits per heavy atom. The normalized spacial score (nSPS) is 12.7. The Balaban J connectivity index is 2.10. The van der Waals surface area contributed by atoms with Gasteiger partial charge in [0.25, 0.3) is 5.91 Å². The summed E-state index contributed by atoms with van der Waals surface area (Å²) in [6.45, 7) is 1.65. The van der Waals surface area contributed by atoms with Crippen LogP contribution in [0.5, 0.6) is 5.75 Å². The Morgan fingerprint density at radius 2 is 1.79 bits per heavy atom. The third-order valence-corrected chi connectivity index (χ3v) is 3.39. The van der Waals surface area contributed by atoms with Gasteiger partial charge in [-0.1, -0.05) is 12.1 Å². The highest BCUT2D eigenvalue weighted by Gasteiger charge is 2.32. The summed E-state index contributed by atoms with van der Waals surface area (Å²) in [5.41, 5.74) is -0.923. The number of carbonyl (C=O) groups is 1. The number of amides is 1. The molecule has 0 aliphatic rings. The summed E-state index contributed by atoms with van der Waals surface area (Å²) >= 11 is 0. The van der Waals surface area contributed by atoms with E-state index in [2.05, 4.69) is 5.32 Å². The molecule has 7 heteroatoms. The summed E-state index contributed by atoms with van der Waals surface area (Å²) in [5, 5.41) is 11.7. The molecule has 128 valence electrons. The quantitative estimate of drug-likeness (QED) is 0.829. The topological polar surface area (TPSA) is 49.3 Å². The summed E-state index contributed by atoms with van der Waals surface area (Å²) < 4.78 is 51.7. The van der Waals surface area contributed by atoms with Crippen LogP contribution in [0.4, 0.5) is 17.6 Å². The molecule has 0 spiro atoms. The van der Waals surface area contributed by atoms with Gasteiger partial charge < -0.3 is 10.4 Å². The molecular weight excluding hydrogens is 326 g/mol. The third-order valence-electron chi connectivity index (χ3n) is 3.39. The molecule has 0 radical (unpaired) electrons. The number of aromatic hydroxyl groups is 1. The Labute approximate surface area is 135 Å². The van der Waals surface area contributed by atoms with Gasteiger partial charge in [0, 0.05) is 6.04 Å². The molecule has 0 saturated heterocycles. The Kier molecular flexibility index (Phi) is 5.11. The van der Waals surface area contributed by atoms with Gasteiger partial charge in [0.2, 0.25) is 0 Å². The molecule has 0 aliphatic carbocycles.